The Hall–Kier alpha value is -1.19. The highest BCUT2D eigenvalue weighted by Gasteiger charge is 1.98. The predicted octanol–water partition coefficient (Wildman–Crippen LogP) is 2.19. The molecule has 72 valence electrons. The van der Waals surface area contributed by atoms with Gasteiger partial charge in [-0.15, -0.1) is 11.3 Å². The fraction of sp³-hybridized carbons (Fsp3) is 0.182. The Kier molecular flexibility index (Phi) is 2.91. The van der Waals surface area contributed by atoms with Crippen molar-refractivity contribution in [3.05, 3.63) is 52.0 Å². The standard InChI is InChI=1S/C11H12N2S/c12-8-10-3-1-2-9(6-10)7-11-13-4-5-14-11/h1-6H,7-8,12H2. The van der Waals surface area contributed by atoms with Crippen molar-refractivity contribution in [1.82, 2.24) is 4.98 Å². The molecule has 1 aromatic carbocycles. The second-order valence-electron chi connectivity index (χ2n) is 3.13. The van der Waals surface area contributed by atoms with Crippen LogP contribution >= 0.6 is 11.3 Å². The van der Waals surface area contributed by atoms with E-state index in [1.165, 1.54) is 11.1 Å². The maximum atomic E-state index is 5.58. The maximum Gasteiger partial charge on any atom is 0.0968 e. The Balaban J connectivity index is 2.17. The molecule has 2 N–H and O–H groups in total. The lowest BCUT2D eigenvalue weighted by Crippen LogP contribution is -1.97. The van der Waals surface area contributed by atoms with Gasteiger partial charge in [-0.3, -0.25) is 0 Å². The molecule has 0 amide bonds. The summed E-state index contributed by atoms with van der Waals surface area (Å²) in [6, 6.07) is 8.35. The van der Waals surface area contributed by atoms with Gasteiger partial charge in [-0.2, -0.15) is 0 Å². The molecule has 0 fully saturated rings. The highest BCUT2D eigenvalue weighted by molar-refractivity contribution is 7.09. The Bertz CT molecular complexity index is 395. The summed E-state index contributed by atoms with van der Waals surface area (Å²) in [6.45, 7) is 0.603. The molecule has 0 unspecified atom stereocenters. The monoisotopic (exact) mass is 204 g/mol. The molecule has 0 atom stereocenters. The summed E-state index contributed by atoms with van der Waals surface area (Å²) < 4.78 is 0. The van der Waals surface area contributed by atoms with Crippen LogP contribution in [0.25, 0.3) is 0 Å². The largest absolute Gasteiger partial charge is 0.326 e. The molecule has 0 bridgehead atoms. The molecular weight excluding hydrogens is 192 g/mol. The second-order valence-corrected chi connectivity index (χ2v) is 4.11. The molecule has 2 aromatic rings. The van der Waals surface area contributed by atoms with Crippen molar-refractivity contribution in [2.45, 2.75) is 13.0 Å². The first-order valence-electron chi connectivity index (χ1n) is 4.55. The van der Waals surface area contributed by atoms with E-state index in [1.807, 2.05) is 23.7 Å². The van der Waals surface area contributed by atoms with Crippen molar-refractivity contribution >= 4 is 11.3 Å². The van der Waals surface area contributed by atoms with Crippen LogP contribution in [0.2, 0.25) is 0 Å². The van der Waals surface area contributed by atoms with Crippen molar-refractivity contribution in [3.63, 3.8) is 0 Å². The molecule has 14 heavy (non-hydrogen) atoms. The SMILES string of the molecule is NCc1cccc(Cc2nccs2)c1. The van der Waals surface area contributed by atoms with E-state index in [-0.39, 0.29) is 0 Å². The van der Waals surface area contributed by atoms with Gasteiger partial charge in [-0.05, 0) is 11.1 Å². The summed E-state index contributed by atoms with van der Waals surface area (Å²) in [6.07, 6.45) is 2.75. The summed E-state index contributed by atoms with van der Waals surface area (Å²) in [5.74, 6) is 0. The number of hydrogen-bond donors (Lipinski definition) is 1. The number of nitrogens with two attached hydrogens (primary N) is 1. The summed E-state index contributed by atoms with van der Waals surface area (Å²) in [4.78, 5) is 4.25. The van der Waals surface area contributed by atoms with Crippen LogP contribution in [0.3, 0.4) is 0 Å². The Morgan fingerprint density at radius 1 is 1.29 bits per heavy atom. The van der Waals surface area contributed by atoms with Gasteiger partial charge in [0, 0.05) is 24.5 Å². The molecule has 0 aliphatic carbocycles. The van der Waals surface area contributed by atoms with E-state index in [9.17, 15) is 0 Å². The number of aromatic nitrogens is 1. The van der Waals surface area contributed by atoms with Crippen molar-refractivity contribution in [3.8, 4) is 0 Å². The highest BCUT2D eigenvalue weighted by Crippen LogP contribution is 2.12. The normalized spacial score (nSPS) is 10.4. The van der Waals surface area contributed by atoms with Gasteiger partial charge in [0.15, 0.2) is 0 Å². The van der Waals surface area contributed by atoms with Crippen LogP contribution in [0.15, 0.2) is 35.8 Å². The van der Waals surface area contributed by atoms with Gasteiger partial charge in [-0.1, -0.05) is 24.3 Å². The molecule has 1 aromatic heterocycles. The van der Waals surface area contributed by atoms with Gasteiger partial charge >= 0.3 is 0 Å². The van der Waals surface area contributed by atoms with Crippen LogP contribution in [-0.4, -0.2) is 4.98 Å². The summed E-state index contributed by atoms with van der Waals surface area (Å²) >= 11 is 1.69. The van der Waals surface area contributed by atoms with Crippen LogP contribution < -0.4 is 5.73 Å². The van der Waals surface area contributed by atoms with E-state index < -0.39 is 0 Å². The fourth-order valence-corrected chi connectivity index (χ4v) is 2.03. The van der Waals surface area contributed by atoms with Gasteiger partial charge in [-0.25, -0.2) is 4.98 Å². The molecule has 0 radical (unpaired) electrons. The van der Waals surface area contributed by atoms with E-state index in [2.05, 4.69) is 17.1 Å². The minimum Gasteiger partial charge on any atom is -0.326 e. The van der Waals surface area contributed by atoms with Crippen molar-refractivity contribution in [2.75, 3.05) is 0 Å². The summed E-state index contributed by atoms with van der Waals surface area (Å²) in [7, 11) is 0. The molecule has 0 aliphatic heterocycles. The number of nitrogens with zero attached hydrogens (tertiary/aromatic N) is 1. The molecule has 0 spiro atoms. The quantitative estimate of drug-likeness (QED) is 0.832. The van der Waals surface area contributed by atoms with Crippen molar-refractivity contribution in [2.24, 2.45) is 5.73 Å². The van der Waals surface area contributed by atoms with E-state index in [1.54, 1.807) is 11.3 Å². The van der Waals surface area contributed by atoms with Gasteiger partial charge in [0.05, 0.1) is 5.01 Å². The Morgan fingerprint density at radius 3 is 2.86 bits per heavy atom. The maximum absolute atomic E-state index is 5.58. The van der Waals surface area contributed by atoms with E-state index >= 15 is 0 Å². The van der Waals surface area contributed by atoms with E-state index in [0.717, 1.165) is 11.4 Å². The third kappa shape index (κ3) is 2.19. The zero-order chi connectivity index (χ0) is 9.80. The predicted molar refractivity (Wildman–Crippen MR) is 59.3 cm³/mol. The minimum absolute atomic E-state index is 0.603. The smallest absolute Gasteiger partial charge is 0.0968 e. The average Bonchev–Trinajstić information content (AvgIpc) is 2.71. The average molecular weight is 204 g/mol. The molecule has 2 rings (SSSR count). The van der Waals surface area contributed by atoms with Crippen LogP contribution in [0, 0.1) is 0 Å². The van der Waals surface area contributed by atoms with Crippen LogP contribution in [0.5, 0.6) is 0 Å². The van der Waals surface area contributed by atoms with Crippen LogP contribution in [0.1, 0.15) is 16.1 Å². The van der Waals surface area contributed by atoms with Crippen molar-refractivity contribution in [1.29, 1.82) is 0 Å². The third-order valence-electron chi connectivity index (χ3n) is 2.07. The highest BCUT2D eigenvalue weighted by atomic mass is 32.1. The lowest BCUT2D eigenvalue weighted by molar-refractivity contribution is 1.05. The van der Waals surface area contributed by atoms with Gasteiger partial charge in [0.1, 0.15) is 0 Å². The first-order valence-corrected chi connectivity index (χ1v) is 5.42. The zero-order valence-electron chi connectivity index (χ0n) is 7.81. The Labute approximate surface area is 87.4 Å². The van der Waals surface area contributed by atoms with Crippen LogP contribution in [0.4, 0.5) is 0 Å². The fourth-order valence-electron chi connectivity index (χ4n) is 1.38. The molecule has 0 saturated carbocycles. The number of hydrogen-bond acceptors (Lipinski definition) is 3. The van der Waals surface area contributed by atoms with Gasteiger partial charge in [0.2, 0.25) is 0 Å². The summed E-state index contributed by atoms with van der Waals surface area (Å²) in [5, 5.41) is 3.15. The number of rotatable bonds is 3. The Morgan fingerprint density at radius 2 is 2.14 bits per heavy atom. The number of thiazole rings is 1. The zero-order valence-corrected chi connectivity index (χ0v) is 8.63. The van der Waals surface area contributed by atoms with Gasteiger partial charge < -0.3 is 5.73 Å². The van der Waals surface area contributed by atoms with Crippen molar-refractivity contribution < 1.29 is 0 Å². The topological polar surface area (TPSA) is 38.9 Å². The first kappa shape index (κ1) is 9.37. The molecular formula is C11H12N2S. The molecule has 0 saturated heterocycles. The third-order valence-corrected chi connectivity index (χ3v) is 2.85. The van der Waals surface area contributed by atoms with E-state index in [0.29, 0.717) is 6.54 Å². The minimum atomic E-state index is 0.603. The van der Waals surface area contributed by atoms with E-state index in [4.69, 9.17) is 5.73 Å². The molecule has 1 heterocycles. The molecule has 3 heteroatoms. The lowest BCUT2D eigenvalue weighted by Gasteiger charge is -2.01. The molecule has 2 nitrogen and oxygen atoms in total. The summed E-state index contributed by atoms with van der Waals surface area (Å²) in [5.41, 5.74) is 8.04. The van der Waals surface area contributed by atoms with Crippen LogP contribution in [-0.2, 0) is 13.0 Å². The van der Waals surface area contributed by atoms with Gasteiger partial charge in [0.25, 0.3) is 0 Å². The lowest BCUT2D eigenvalue weighted by atomic mass is 10.1. The molecule has 0 aliphatic rings. The first-order chi connectivity index (χ1) is 6.88. The second kappa shape index (κ2) is 4.35. The number of benzene rings is 1.